The SMILES string of the molecule is Cc1ccc(C)c(-n2nc(C(=O)N3CCCC3)c(C)c2Oc2ccc([N+](=O)[O-])cc2S(=O)(=O)NC(C)(C)C)c1. The Labute approximate surface area is 228 Å². The van der Waals surface area contributed by atoms with E-state index in [1.807, 2.05) is 32.0 Å². The number of sulfonamides is 1. The molecule has 4 rings (SSSR count). The van der Waals surface area contributed by atoms with Crippen molar-refractivity contribution >= 4 is 21.6 Å². The Kier molecular flexibility index (Phi) is 7.55. The lowest BCUT2D eigenvalue weighted by atomic mass is 10.1. The molecule has 0 aliphatic carbocycles. The van der Waals surface area contributed by atoms with Crippen molar-refractivity contribution < 1.29 is 22.9 Å². The molecule has 0 spiro atoms. The highest BCUT2D eigenvalue weighted by Gasteiger charge is 2.31. The summed E-state index contributed by atoms with van der Waals surface area (Å²) in [7, 11) is -4.24. The van der Waals surface area contributed by atoms with E-state index >= 15 is 0 Å². The van der Waals surface area contributed by atoms with Crippen molar-refractivity contribution in [1.82, 2.24) is 19.4 Å². The molecule has 3 aromatic rings. The summed E-state index contributed by atoms with van der Waals surface area (Å²) in [5.74, 6) is -0.218. The number of non-ortho nitro benzene ring substituents is 1. The van der Waals surface area contributed by atoms with Crippen LogP contribution in [0.2, 0.25) is 0 Å². The van der Waals surface area contributed by atoms with Crippen LogP contribution in [0.1, 0.15) is 60.8 Å². The van der Waals surface area contributed by atoms with Crippen LogP contribution in [-0.4, -0.2) is 52.6 Å². The fourth-order valence-corrected chi connectivity index (χ4v) is 6.02. The lowest BCUT2D eigenvalue weighted by molar-refractivity contribution is -0.385. The Morgan fingerprint density at radius 1 is 1.08 bits per heavy atom. The van der Waals surface area contributed by atoms with Gasteiger partial charge in [0, 0.05) is 36.3 Å². The number of aromatic nitrogens is 2. The molecule has 2 aromatic carbocycles. The average Bonchev–Trinajstić information content (AvgIpc) is 3.48. The predicted molar refractivity (Wildman–Crippen MR) is 146 cm³/mol. The number of nitro benzene ring substituents is 1. The summed E-state index contributed by atoms with van der Waals surface area (Å²) in [4.78, 5) is 25.6. The molecule has 1 N–H and O–H groups in total. The fourth-order valence-electron chi connectivity index (χ4n) is 4.45. The van der Waals surface area contributed by atoms with E-state index < -0.39 is 31.1 Å². The van der Waals surface area contributed by atoms with E-state index in [1.165, 1.54) is 16.8 Å². The largest absolute Gasteiger partial charge is 0.437 e. The van der Waals surface area contributed by atoms with Crippen molar-refractivity contribution in [3.63, 3.8) is 0 Å². The third kappa shape index (κ3) is 5.96. The number of aryl methyl sites for hydroxylation is 2. The minimum absolute atomic E-state index is 0.132. The van der Waals surface area contributed by atoms with E-state index in [0.717, 1.165) is 30.0 Å². The number of nitro groups is 1. The topological polar surface area (TPSA) is 137 Å². The summed E-state index contributed by atoms with van der Waals surface area (Å²) in [6, 6.07) is 9.15. The Morgan fingerprint density at radius 3 is 2.36 bits per heavy atom. The molecule has 1 aliphatic heterocycles. The van der Waals surface area contributed by atoms with E-state index in [2.05, 4.69) is 9.82 Å². The first-order valence-electron chi connectivity index (χ1n) is 12.6. The lowest BCUT2D eigenvalue weighted by Crippen LogP contribution is -2.40. The van der Waals surface area contributed by atoms with Gasteiger partial charge >= 0.3 is 0 Å². The van der Waals surface area contributed by atoms with Crippen LogP contribution in [-0.2, 0) is 10.0 Å². The first-order valence-corrected chi connectivity index (χ1v) is 14.1. The van der Waals surface area contributed by atoms with Gasteiger partial charge in [-0.1, -0.05) is 12.1 Å². The molecular formula is C27H33N5O6S. The second kappa shape index (κ2) is 10.4. The van der Waals surface area contributed by atoms with Gasteiger partial charge in [0.15, 0.2) is 5.69 Å². The van der Waals surface area contributed by atoms with Gasteiger partial charge in [0.2, 0.25) is 15.9 Å². The number of likely N-dealkylation sites (tertiary alicyclic amines) is 1. The van der Waals surface area contributed by atoms with Crippen molar-refractivity contribution in [3.05, 3.63) is 68.9 Å². The number of rotatable bonds is 7. The smallest absolute Gasteiger partial charge is 0.274 e. The van der Waals surface area contributed by atoms with Crippen molar-refractivity contribution in [2.24, 2.45) is 0 Å². The zero-order valence-corrected chi connectivity index (χ0v) is 23.8. The number of amides is 1. The van der Waals surface area contributed by atoms with Gasteiger partial charge in [0.05, 0.1) is 10.6 Å². The molecule has 0 radical (unpaired) electrons. The third-order valence-electron chi connectivity index (χ3n) is 6.33. The minimum atomic E-state index is -4.24. The molecule has 12 heteroatoms. The van der Waals surface area contributed by atoms with Crippen molar-refractivity contribution in [2.75, 3.05) is 13.1 Å². The van der Waals surface area contributed by atoms with Gasteiger partial charge in [0.25, 0.3) is 11.6 Å². The normalized spacial score (nSPS) is 14.1. The van der Waals surface area contributed by atoms with Gasteiger partial charge < -0.3 is 9.64 Å². The van der Waals surface area contributed by atoms with Crippen LogP contribution in [0.15, 0.2) is 41.3 Å². The first-order chi connectivity index (χ1) is 18.2. The molecule has 0 unspecified atom stereocenters. The van der Waals surface area contributed by atoms with Gasteiger partial charge in [0.1, 0.15) is 10.6 Å². The molecule has 1 saturated heterocycles. The molecule has 1 aromatic heterocycles. The Balaban J connectivity index is 1.91. The lowest BCUT2D eigenvalue weighted by Gasteiger charge is -2.21. The van der Waals surface area contributed by atoms with Crippen LogP contribution in [0.3, 0.4) is 0 Å². The number of nitrogens with zero attached hydrogens (tertiary/aromatic N) is 4. The van der Waals surface area contributed by atoms with E-state index in [4.69, 9.17) is 4.74 Å². The zero-order valence-electron chi connectivity index (χ0n) is 22.9. The molecule has 0 saturated carbocycles. The van der Waals surface area contributed by atoms with Crippen LogP contribution < -0.4 is 9.46 Å². The highest BCUT2D eigenvalue weighted by atomic mass is 32.2. The summed E-state index contributed by atoms with van der Waals surface area (Å²) in [6.07, 6.45) is 1.83. The van der Waals surface area contributed by atoms with Gasteiger partial charge in [-0.3, -0.25) is 14.9 Å². The summed E-state index contributed by atoms with van der Waals surface area (Å²) >= 11 is 0. The Morgan fingerprint density at radius 2 is 1.74 bits per heavy atom. The molecule has 0 bridgehead atoms. The quantitative estimate of drug-likeness (QED) is 0.326. The van der Waals surface area contributed by atoms with Gasteiger partial charge in [-0.25, -0.2) is 13.1 Å². The fraction of sp³-hybridized carbons (Fsp3) is 0.407. The third-order valence-corrected chi connectivity index (χ3v) is 8.11. The molecule has 39 heavy (non-hydrogen) atoms. The molecule has 0 atom stereocenters. The van der Waals surface area contributed by atoms with Gasteiger partial charge in [-0.15, -0.1) is 0 Å². The van der Waals surface area contributed by atoms with Crippen LogP contribution >= 0.6 is 0 Å². The van der Waals surface area contributed by atoms with Crippen molar-refractivity contribution in [1.29, 1.82) is 0 Å². The molecule has 2 heterocycles. The Hall–Kier alpha value is -3.77. The van der Waals surface area contributed by atoms with Crippen LogP contribution in [0.5, 0.6) is 11.6 Å². The molecule has 1 amide bonds. The second-order valence-electron chi connectivity index (χ2n) is 10.8. The highest BCUT2D eigenvalue weighted by molar-refractivity contribution is 7.89. The van der Waals surface area contributed by atoms with Crippen LogP contribution in [0.4, 0.5) is 5.69 Å². The minimum Gasteiger partial charge on any atom is -0.437 e. The number of carbonyl (C=O) groups excluding carboxylic acids is 1. The van der Waals surface area contributed by atoms with Gasteiger partial charge in [-0.05, 0) is 77.6 Å². The van der Waals surface area contributed by atoms with Crippen molar-refractivity contribution in [3.8, 4) is 17.3 Å². The number of benzene rings is 2. The maximum Gasteiger partial charge on any atom is 0.274 e. The number of nitrogens with one attached hydrogen (secondary N) is 1. The summed E-state index contributed by atoms with van der Waals surface area (Å²) < 4.78 is 37.0. The number of ether oxygens (including phenoxy) is 1. The standard InChI is InChI=1S/C27H33N5O6S/c1-17-9-10-18(2)21(15-17)31-26(19(3)24(28-31)25(33)30-13-7-8-14-30)38-22-12-11-20(32(34)35)16-23(22)39(36,37)29-27(4,5)6/h9-12,15-16,29H,7-8,13-14H2,1-6H3. The monoisotopic (exact) mass is 555 g/mol. The number of carbonyl (C=O) groups is 1. The summed E-state index contributed by atoms with van der Waals surface area (Å²) in [5.41, 5.74) is 1.85. The maximum atomic E-state index is 13.4. The predicted octanol–water partition coefficient (Wildman–Crippen LogP) is 4.81. The maximum absolute atomic E-state index is 13.4. The zero-order chi connectivity index (χ0) is 28.7. The van der Waals surface area contributed by atoms with E-state index in [1.54, 1.807) is 32.6 Å². The highest BCUT2D eigenvalue weighted by Crippen LogP contribution is 2.37. The first kappa shape index (κ1) is 28.2. The van der Waals surface area contributed by atoms with E-state index in [-0.39, 0.29) is 23.2 Å². The summed E-state index contributed by atoms with van der Waals surface area (Å²) in [6.45, 7) is 11.8. The number of hydrogen-bond donors (Lipinski definition) is 1. The molecule has 1 fully saturated rings. The molecule has 1 aliphatic rings. The van der Waals surface area contributed by atoms with E-state index in [9.17, 15) is 23.3 Å². The van der Waals surface area contributed by atoms with Crippen LogP contribution in [0.25, 0.3) is 5.69 Å². The van der Waals surface area contributed by atoms with E-state index in [0.29, 0.717) is 24.3 Å². The Bertz CT molecular complexity index is 1550. The molecule has 11 nitrogen and oxygen atoms in total. The average molecular weight is 556 g/mol. The molecular weight excluding hydrogens is 522 g/mol. The second-order valence-corrected chi connectivity index (χ2v) is 12.5. The van der Waals surface area contributed by atoms with Crippen LogP contribution in [0, 0.1) is 30.9 Å². The van der Waals surface area contributed by atoms with Crippen molar-refractivity contribution in [2.45, 2.75) is 64.8 Å². The number of hydrogen-bond acceptors (Lipinski definition) is 7. The molecule has 208 valence electrons. The summed E-state index contributed by atoms with van der Waals surface area (Å²) in [5, 5.41) is 16.1. The van der Waals surface area contributed by atoms with Gasteiger partial charge in [-0.2, -0.15) is 9.78 Å².